The minimum Gasteiger partial charge on any atom is -0.387 e. The highest BCUT2D eigenvalue weighted by molar-refractivity contribution is 5.77. The number of aliphatic hydroxyl groups excluding tert-OH is 1. The number of nitrogens with zero attached hydrogens (tertiary/aromatic N) is 2. The first-order chi connectivity index (χ1) is 8.99. The quantitative estimate of drug-likeness (QED) is 0.859. The molecule has 19 heavy (non-hydrogen) atoms. The van der Waals surface area contributed by atoms with Crippen molar-refractivity contribution in [2.24, 2.45) is 11.7 Å². The summed E-state index contributed by atoms with van der Waals surface area (Å²) in [6, 6.07) is 4.13. The van der Waals surface area contributed by atoms with Crippen molar-refractivity contribution in [3.8, 4) is 0 Å². The molecule has 3 atom stereocenters. The number of nitrogens with two attached hydrogens (primary N) is 1. The SMILES string of the molecule is CC(O)c1ccc(N2CC(C(N)=O)CCC2C)cn1. The Morgan fingerprint density at radius 1 is 1.53 bits per heavy atom. The predicted molar refractivity (Wildman–Crippen MR) is 73.6 cm³/mol. The van der Waals surface area contributed by atoms with E-state index < -0.39 is 6.10 Å². The average molecular weight is 263 g/mol. The van der Waals surface area contributed by atoms with Crippen molar-refractivity contribution in [3.05, 3.63) is 24.0 Å². The van der Waals surface area contributed by atoms with Crippen molar-refractivity contribution < 1.29 is 9.90 Å². The first kappa shape index (κ1) is 13.8. The van der Waals surface area contributed by atoms with E-state index >= 15 is 0 Å². The number of rotatable bonds is 3. The number of primary amides is 1. The van der Waals surface area contributed by atoms with E-state index in [4.69, 9.17) is 5.73 Å². The van der Waals surface area contributed by atoms with Crippen LogP contribution in [0.1, 0.15) is 38.5 Å². The van der Waals surface area contributed by atoms with Crippen LogP contribution in [0.15, 0.2) is 18.3 Å². The second-order valence-electron chi connectivity index (χ2n) is 5.30. The van der Waals surface area contributed by atoms with Gasteiger partial charge in [0.05, 0.1) is 29.6 Å². The van der Waals surface area contributed by atoms with Gasteiger partial charge in [-0.05, 0) is 38.8 Å². The third kappa shape index (κ3) is 3.04. The van der Waals surface area contributed by atoms with Gasteiger partial charge in [0.15, 0.2) is 0 Å². The van der Waals surface area contributed by atoms with E-state index in [0.29, 0.717) is 18.3 Å². The standard InChI is InChI=1S/C14H21N3O2/c1-9-3-4-11(14(15)19)8-17(9)12-5-6-13(10(2)18)16-7-12/h5-7,9-11,18H,3-4,8H2,1-2H3,(H2,15,19). The molecular weight excluding hydrogens is 242 g/mol. The highest BCUT2D eigenvalue weighted by Gasteiger charge is 2.28. The number of hydrogen-bond acceptors (Lipinski definition) is 4. The van der Waals surface area contributed by atoms with Gasteiger partial charge in [-0.2, -0.15) is 0 Å². The molecule has 0 spiro atoms. The van der Waals surface area contributed by atoms with E-state index in [0.717, 1.165) is 18.5 Å². The van der Waals surface area contributed by atoms with Crippen molar-refractivity contribution in [2.45, 2.75) is 38.8 Å². The summed E-state index contributed by atoms with van der Waals surface area (Å²) < 4.78 is 0. The summed E-state index contributed by atoms with van der Waals surface area (Å²) in [7, 11) is 0. The Labute approximate surface area is 113 Å². The van der Waals surface area contributed by atoms with E-state index in [1.807, 2.05) is 12.1 Å². The lowest BCUT2D eigenvalue weighted by atomic mass is 9.92. The fourth-order valence-corrected chi connectivity index (χ4v) is 2.51. The Bertz CT molecular complexity index is 445. The molecule has 0 aliphatic carbocycles. The zero-order chi connectivity index (χ0) is 14.0. The van der Waals surface area contributed by atoms with Crippen molar-refractivity contribution in [1.29, 1.82) is 0 Å². The normalized spacial score (nSPS) is 25.1. The van der Waals surface area contributed by atoms with Gasteiger partial charge in [0.25, 0.3) is 0 Å². The predicted octanol–water partition coefficient (Wildman–Crippen LogP) is 1.23. The summed E-state index contributed by atoms with van der Waals surface area (Å²) in [6.07, 6.45) is 2.99. The van der Waals surface area contributed by atoms with Gasteiger partial charge in [0.2, 0.25) is 5.91 Å². The molecule has 3 N–H and O–H groups in total. The van der Waals surface area contributed by atoms with E-state index in [2.05, 4.69) is 16.8 Å². The molecule has 1 fully saturated rings. The van der Waals surface area contributed by atoms with Gasteiger partial charge in [-0.1, -0.05) is 0 Å². The Morgan fingerprint density at radius 3 is 2.79 bits per heavy atom. The maximum Gasteiger partial charge on any atom is 0.222 e. The molecule has 2 heterocycles. The highest BCUT2D eigenvalue weighted by atomic mass is 16.3. The van der Waals surface area contributed by atoms with Crippen LogP contribution in [0.5, 0.6) is 0 Å². The van der Waals surface area contributed by atoms with Crippen molar-refractivity contribution in [3.63, 3.8) is 0 Å². The van der Waals surface area contributed by atoms with Crippen LogP contribution in [0, 0.1) is 5.92 Å². The average Bonchev–Trinajstić information content (AvgIpc) is 2.39. The first-order valence-electron chi connectivity index (χ1n) is 6.69. The van der Waals surface area contributed by atoms with Gasteiger partial charge in [0, 0.05) is 12.6 Å². The lowest BCUT2D eigenvalue weighted by Gasteiger charge is -2.38. The van der Waals surface area contributed by atoms with Crippen LogP contribution in [0.25, 0.3) is 0 Å². The van der Waals surface area contributed by atoms with Crippen LogP contribution >= 0.6 is 0 Å². The number of aromatic nitrogens is 1. The molecule has 1 amide bonds. The Hall–Kier alpha value is -1.62. The molecular formula is C14H21N3O2. The minimum absolute atomic E-state index is 0.0901. The summed E-state index contributed by atoms with van der Waals surface area (Å²) >= 11 is 0. The number of piperidine rings is 1. The van der Waals surface area contributed by atoms with Gasteiger partial charge < -0.3 is 15.7 Å². The number of amides is 1. The third-order valence-corrected chi connectivity index (χ3v) is 3.81. The fourth-order valence-electron chi connectivity index (χ4n) is 2.51. The first-order valence-corrected chi connectivity index (χ1v) is 6.69. The van der Waals surface area contributed by atoms with Crippen LogP contribution in [-0.4, -0.2) is 28.6 Å². The van der Waals surface area contributed by atoms with Crippen LogP contribution < -0.4 is 10.6 Å². The Morgan fingerprint density at radius 2 is 2.26 bits per heavy atom. The highest BCUT2D eigenvalue weighted by Crippen LogP contribution is 2.27. The van der Waals surface area contributed by atoms with Crippen molar-refractivity contribution in [1.82, 2.24) is 4.98 Å². The Kier molecular flexibility index (Phi) is 4.04. The molecule has 1 aromatic heterocycles. The molecule has 104 valence electrons. The molecule has 5 heteroatoms. The second kappa shape index (κ2) is 5.57. The summed E-state index contributed by atoms with van der Waals surface area (Å²) in [5, 5.41) is 9.45. The smallest absolute Gasteiger partial charge is 0.222 e. The van der Waals surface area contributed by atoms with Gasteiger partial charge in [-0.3, -0.25) is 9.78 Å². The van der Waals surface area contributed by atoms with Crippen LogP contribution in [-0.2, 0) is 4.79 Å². The van der Waals surface area contributed by atoms with Crippen molar-refractivity contribution >= 4 is 11.6 Å². The fraction of sp³-hybridized carbons (Fsp3) is 0.571. The molecule has 3 unspecified atom stereocenters. The van der Waals surface area contributed by atoms with E-state index in [-0.39, 0.29) is 11.8 Å². The van der Waals surface area contributed by atoms with Gasteiger partial charge in [-0.25, -0.2) is 0 Å². The number of anilines is 1. The molecule has 2 rings (SSSR count). The minimum atomic E-state index is -0.564. The van der Waals surface area contributed by atoms with E-state index in [1.54, 1.807) is 13.1 Å². The van der Waals surface area contributed by atoms with Crippen LogP contribution in [0.2, 0.25) is 0 Å². The molecule has 0 aromatic carbocycles. The zero-order valence-corrected chi connectivity index (χ0v) is 11.4. The number of pyridine rings is 1. The topological polar surface area (TPSA) is 79.5 Å². The number of carbonyl (C=O) groups is 1. The van der Waals surface area contributed by atoms with Gasteiger partial charge in [-0.15, -0.1) is 0 Å². The molecule has 1 aliphatic heterocycles. The zero-order valence-electron chi connectivity index (χ0n) is 11.4. The van der Waals surface area contributed by atoms with E-state index in [1.165, 1.54) is 0 Å². The van der Waals surface area contributed by atoms with Gasteiger partial charge in [0.1, 0.15) is 0 Å². The maximum atomic E-state index is 11.3. The lowest BCUT2D eigenvalue weighted by molar-refractivity contribution is -0.122. The van der Waals surface area contributed by atoms with Gasteiger partial charge >= 0.3 is 0 Å². The van der Waals surface area contributed by atoms with Crippen LogP contribution in [0.3, 0.4) is 0 Å². The summed E-state index contributed by atoms with van der Waals surface area (Å²) in [5.41, 5.74) is 7.03. The maximum absolute atomic E-state index is 11.3. The molecule has 0 bridgehead atoms. The van der Waals surface area contributed by atoms with E-state index in [9.17, 15) is 9.90 Å². The molecule has 0 radical (unpaired) electrons. The molecule has 1 aliphatic rings. The van der Waals surface area contributed by atoms with Crippen molar-refractivity contribution in [2.75, 3.05) is 11.4 Å². The summed E-state index contributed by atoms with van der Waals surface area (Å²) in [5.74, 6) is -0.321. The molecule has 1 saturated heterocycles. The second-order valence-corrected chi connectivity index (χ2v) is 5.30. The number of aliphatic hydroxyl groups is 1. The monoisotopic (exact) mass is 263 g/mol. The number of hydrogen-bond donors (Lipinski definition) is 2. The number of carbonyl (C=O) groups excluding carboxylic acids is 1. The largest absolute Gasteiger partial charge is 0.387 e. The summed E-state index contributed by atoms with van der Waals surface area (Å²) in [4.78, 5) is 17.7. The third-order valence-electron chi connectivity index (χ3n) is 3.81. The lowest BCUT2D eigenvalue weighted by Crippen LogP contribution is -2.45. The molecule has 1 aromatic rings. The van der Waals surface area contributed by atoms with Crippen LogP contribution in [0.4, 0.5) is 5.69 Å². The summed E-state index contributed by atoms with van der Waals surface area (Å²) in [6.45, 7) is 4.47. The molecule has 5 nitrogen and oxygen atoms in total. The Balaban J connectivity index is 2.16. The molecule has 0 saturated carbocycles.